The fourth-order valence-electron chi connectivity index (χ4n) is 2.31. The Morgan fingerprint density at radius 3 is 2.37 bits per heavy atom. The molecule has 1 atom stereocenters. The summed E-state index contributed by atoms with van der Waals surface area (Å²) in [6.07, 6.45) is 1.49. The lowest BCUT2D eigenvalue weighted by Crippen LogP contribution is -2.48. The van der Waals surface area contributed by atoms with Crippen molar-refractivity contribution < 1.29 is 31.5 Å². The van der Waals surface area contributed by atoms with Crippen molar-refractivity contribution in [3.05, 3.63) is 71.0 Å². The van der Waals surface area contributed by atoms with E-state index in [1.165, 1.54) is 18.3 Å². The summed E-state index contributed by atoms with van der Waals surface area (Å²) in [4.78, 5) is 25.1. The Balaban J connectivity index is 2.23. The highest BCUT2D eigenvalue weighted by Gasteiger charge is 2.39. The number of thioether (sulfide) groups is 1. The van der Waals surface area contributed by atoms with Gasteiger partial charge in [0, 0.05) is 18.4 Å². The maximum absolute atomic E-state index is 14.4. The second kappa shape index (κ2) is 9.58. The molecule has 0 fully saturated rings. The van der Waals surface area contributed by atoms with E-state index in [-0.39, 0.29) is 17.3 Å². The van der Waals surface area contributed by atoms with Gasteiger partial charge in [-0.2, -0.15) is 14.0 Å². The van der Waals surface area contributed by atoms with Crippen LogP contribution in [0.4, 0.5) is 22.0 Å². The van der Waals surface area contributed by atoms with E-state index in [0.717, 1.165) is 7.05 Å². The molecule has 0 saturated carbocycles. The van der Waals surface area contributed by atoms with E-state index in [4.69, 9.17) is 5.26 Å². The molecule has 30 heavy (non-hydrogen) atoms. The first-order chi connectivity index (χ1) is 14.1. The zero-order chi connectivity index (χ0) is 22.5. The molecule has 5 nitrogen and oxygen atoms in total. The summed E-state index contributed by atoms with van der Waals surface area (Å²) in [6.45, 7) is 0. The third-order valence-electron chi connectivity index (χ3n) is 3.90. The van der Waals surface area contributed by atoms with Gasteiger partial charge in [0.2, 0.25) is 0 Å². The maximum atomic E-state index is 14.4. The van der Waals surface area contributed by atoms with Crippen molar-refractivity contribution in [2.75, 3.05) is 12.8 Å². The first-order valence-corrected chi connectivity index (χ1v) is 9.26. The van der Waals surface area contributed by atoms with Crippen molar-refractivity contribution in [2.24, 2.45) is 0 Å². The van der Waals surface area contributed by atoms with Gasteiger partial charge >= 0.3 is 5.25 Å². The van der Waals surface area contributed by atoms with E-state index >= 15 is 0 Å². The monoisotopic (exact) mass is 443 g/mol. The van der Waals surface area contributed by atoms with Crippen molar-refractivity contribution in [3.8, 4) is 6.19 Å². The Hall–Kier alpha value is -3.13. The average Bonchev–Trinajstić information content (AvgIpc) is 2.74. The summed E-state index contributed by atoms with van der Waals surface area (Å²) < 4.78 is 68.9. The zero-order valence-corrected chi connectivity index (χ0v) is 16.2. The quantitative estimate of drug-likeness (QED) is 0.307. The molecule has 2 aromatic rings. The number of carbonyl (C=O) groups is 2. The smallest absolute Gasteiger partial charge is 0.322 e. The minimum Gasteiger partial charge on any atom is -0.339 e. The topological polar surface area (TPSA) is 73.2 Å². The summed E-state index contributed by atoms with van der Waals surface area (Å²) in [5.74, 6) is -8.27. The van der Waals surface area contributed by atoms with Crippen LogP contribution < -0.4 is 5.32 Å². The maximum Gasteiger partial charge on any atom is 0.322 e. The highest BCUT2D eigenvalue weighted by molar-refractivity contribution is 7.99. The molecule has 0 aliphatic carbocycles. The number of rotatable bonds is 7. The van der Waals surface area contributed by atoms with Crippen LogP contribution in [-0.4, -0.2) is 35.6 Å². The van der Waals surface area contributed by atoms with Crippen LogP contribution in [0.3, 0.4) is 0 Å². The minimum atomic E-state index is -4.06. The van der Waals surface area contributed by atoms with Crippen LogP contribution >= 0.6 is 11.8 Å². The summed E-state index contributed by atoms with van der Waals surface area (Å²) in [5.41, 5.74) is -1.28. The molecular weight excluding hydrogens is 429 g/mol. The van der Waals surface area contributed by atoms with E-state index in [1.54, 1.807) is 18.2 Å². The second-order valence-corrected chi connectivity index (χ2v) is 7.07. The number of nitriles is 1. The number of nitrogens with one attached hydrogen (secondary N) is 1. The molecule has 0 saturated heterocycles. The number of likely N-dealkylation sites (N-methyl/N-ethyl adjacent to an activating group) is 1. The number of nitrogens with zero attached hydrogens (tertiary/aromatic N) is 2. The van der Waals surface area contributed by atoms with Gasteiger partial charge in [-0.15, -0.1) is 0 Å². The number of benzene rings is 2. The van der Waals surface area contributed by atoms with E-state index in [0.29, 0.717) is 17.0 Å². The highest BCUT2D eigenvalue weighted by atomic mass is 32.2. The predicted octanol–water partition coefficient (Wildman–Crippen LogP) is 3.62. The molecule has 2 rings (SSSR count). The predicted molar refractivity (Wildman–Crippen MR) is 98.7 cm³/mol. The molecular formula is C19H14F5N3O2S. The standard InChI is InChI=1S/C19H14F5N3O2S/c1-27(10-25)18(29)14(26-17(28)11-5-3-2-4-6-11)9-30-19(23,24)12-7-8-13(20)16(22)15(12)21/h2-8,14H,9H2,1H3,(H,26,28)/t14-/m0/s1. The lowest BCUT2D eigenvalue weighted by atomic mass is 10.2. The highest BCUT2D eigenvalue weighted by Crippen LogP contribution is 2.42. The molecule has 0 aliphatic heterocycles. The molecule has 11 heteroatoms. The van der Waals surface area contributed by atoms with Gasteiger partial charge in [0.15, 0.2) is 23.6 Å². The van der Waals surface area contributed by atoms with Gasteiger partial charge in [-0.25, -0.2) is 13.2 Å². The van der Waals surface area contributed by atoms with Gasteiger partial charge in [0.1, 0.15) is 6.04 Å². The molecule has 0 bridgehead atoms. The molecule has 158 valence electrons. The Morgan fingerprint density at radius 2 is 1.77 bits per heavy atom. The van der Waals surface area contributed by atoms with Crippen molar-refractivity contribution in [3.63, 3.8) is 0 Å². The fraction of sp³-hybridized carbons (Fsp3) is 0.211. The number of carbonyl (C=O) groups excluding carboxylic acids is 2. The molecule has 0 heterocycles. The van der Waals surface area contributed by atoms with Crippen LogP contribution in [0.25, 0.3) is 0 Å². The zero-order valence-electron chi connectivity index (χ0n) is 15.3. The van der Waals surface area contributed by atoms with Crippen molar-refractivity contribution >= 4 is 23.6 Å². The molecule has 0 radical (unpaired) electrons. The molecule has 0 unspecified atom stereocenters. The SMILES string of the molecule is CN(C#N)C(=O)[C@H](CSC(F)(F)c1ccc(F)c(F)c1F)NC(=O)c1ccccc1. The minimum absolute atomic E-state index is 0.137. The van der Waals surface area contributed by atoms with Crippen molar-refractivity contribution in [2.45, 2.75) is 11.3 Å². The van der Waals surface area contributed by atoms with E-state index < -0.39 is 51.9 Å². The van der Waals surface area contributed by atoms with E-state index in [2.05, 4.69) is 5.32 Å². The average molecular weight is 443 g/mol. The van der Waals surface area contributed by atoms with Gasteiger partial charge in [-0.05, 0) is 24.3 Å². The van der Waals surface area contributed by atoms with Crippen molar-refractivity contribution in [1.82, 2.24) is 10.2 Å². The van der Waals surface area contributed by atoms with Crippen LogP contribution in [0.5, 0.6) is 0 Å². The Bertz CT molecular complexity index is 982. The van der Waals surface area contributed by atoms with Gasteiger partial charge in [0.05, 0.1) is 5.56 Å². The Morgan fingerprint density at radius 1 is 1.13 bits per heavy atom. The van der Waals surface area contributed by atoms with Gasteiger partial charge in [-0.1, -0.05) is 30.0 Å². The van der Waals surface area contributed by atoms with Crippen LogP contribution in [0.1, 0.15) is 15.9 Å². The molecule has 2 aromatic carbocycles. The third kappa shape index (κ3) is 5.27. The van der Waals surface area contributed by atoms with Gasteiger partial charge in [-0.3, -0.25) is 14.5 Å². The fourth-order valence-corrected chi connectivity index (χ4v) is 3.22. The van der Waals surface area contributed by atoms with E-state index in [1.807, 2.05) is 0 Å². The Labute approximate surface area is 172 Å². The second-order valence-electron chi connectivity index (χ2n) is 5.94. The number of halogens is 5. The first-order valence-electron chi connectivity index (χ1n) is 8.27. The van der Waals surface area contributed by atoms with Crippen LogP contribution in [0.2, 0.25) is 0 Å². The number of hydrogen-bond donors (Lipinski definition) is 1. The van der Waals surface area contributed by atoms with Crippen LogP contribution in [0, 0.1) is 28.9 Å². The largest absolute Gasteiger partial charge is 0.339 e. The molecule has 0 aliphatic rings. The molecule has 0 aromatic heterocycles. The third-order valence-corrected chi connectivity index (χ3v) is 4.98. The lowest BCUT2D eigenvalue weighted by Gasteiger charge is -2.23. The van der Waals surface area contributed by atoms with Gasteiger partial charge in [0.25, 0.3) is 11.8 Å². The number of alkyl halides is 2. The van der Waals surface area contributed by atoms with Crippen molar-refractivity contribution in [1.29, 1.82) is 5.26 Å². The summed E-state index contributed by atoms with van der Waals surface area (Å²) in [5, 5.41) is 7.05. The molecule has 2 amide bonds. The van der Waals surface area contributed by atoms with Crippen LogP contribution in [-0.2, 0) is 10.0 Å². The molecule has 1 N–H and O–H groups in total. The van der Waals surface area contributed by atoms with Gasteiger partial charge < -0.3 is 5.32 Å². The summed E-state index contributed by atoms with van der Waals surface area (Å²) >= 11 is -0.272. The Kier molecular flexibility index (Phi) is 7.39. The first kappa shape index (κ1) is 23.2. The van der Waals surface area contributed by atoms with E-state index in [9.17, 15) is 31.5 Å². The summed E-state index contributed by atoms with van der Waals surface area (Å²) in [6, 6.07) is 6.73. The van der Waals surface area contributed by atoms with Crippen LogP contribution in [0.15, 0.2) is 42.5 Å². The number of hydrogen-bond acceptors (Lipinski definition) is 4. The lowest BCUT2D eigenvalue weighted by molar-refractivity contribution is -0.128. The molecule has 0 spiro atoms. The normalized spacial score (nSPS) is 12.0. The number of amides is 2. The summed E-state index contributed by atoms with van der Waals surface area (Å²) in [7, 11) is 1.07.